The molecule has 0 radical (unpaired) electrons. The standard InChI is InChI=1S/C14H15ClN2O4/c15-12-3-4-14(13(11-12)17(18)19)21-8-2-1-5-16-6-9-20-10-7-16/h3-4,11H,5-10H2. The number of ether oxygens (including phenoxy) is 2. The van der Waals surface area contributed by atoms with Crippen LogP contribution in [-0.2, 0) is 4.74 Å². The minimum absolute atomic E-state index is 0.104. The molecule has 0 atom stereocenters. The van der Waals surface area contributed by atoms with Crippen molar-refractivity contribution in [2.75, 3.05) is 39.5 Å². The molecule has 1 aliphatic heterocycles. The van der Waals surface area contributed by atoms with Crippen LogP contribution in [0, 0.1) is 22.0 Å². The quantitative estimate of drug-likeness (QED) is 0.483. The molecule has 1 aromatic carbocycles. The van der Waals surface area contributed by atoms with Gasteiger partial charge in [-0.2, -0.15) is 0 Å². The number of nitrogens with zero attached hydrogens (tertiary/aromatic N) is 2. The summed E-state index contributed by atoms with van der Waals surface area (Å²) in [5.41, 5.74) is -0.155. The summed E-state index contributed by atoms with van der Waals surface area (Å²) < 4.78 is 10.6. The van der Waals surface area contributed by atoms with Gasteiger partial charge in [-0.1, -0.05) is 23.4 Å². The molecule has 1 fully saturated rings. The van der Waals surface area contributed by atoms with Gasteiger partial charge in [-0.05, 0) is 12.1 Å². The summed E-state index contributed by atoms with van der Waals surface area (Å²) in [5, 5.41) is 11.2. The molecule has 0 amide bonds. The first kappa shape index (κ1) is 15.6. The summed E-state index contributed by atoms with van der Waals surface area (Å²) in [4.78, 5) is 12.5. The average Bonchev–Trinajstić information content (AvgIpc) is 2.49. The SMILES string of the molecule is O=[N+]([O-])c1cc(Cl)ccc1OCC#CCN1CCOCC1. The van der Waals surface area contributed by atoms with Crippen molar-refractivity contribution < 1.29 is 14.4 Å². The number of hydrogen-bond acceptors (Lipinski definition) is 5. The summed E-state index contributed by atoms with van der Waals surface area (Å²) in [5.74, 6) is 6.01. The predicted octanol–water partition coefficient (Wildman–Crippen LogP) is 1.96. The first-order valence-electron chi connectivity index (χ1n) is 6.49. The largest absolute Gasteiger partial charge is 0.474 e. The van der Waals surface area contributed by atoms with Gasteiger partial charge in [0.05, 0.1) is 24.7 Å². The van der Waals surface area contributed by atoms with Crippen LogP contribution in [0.1, 0.15) is 0 Å². The zero-order chi connectivity index (χ0) is 15.1. The van der Waals surface area contributed by atoms with Crippen molar-refractivity contribution in [3.63, 3.8) is 0 Å². The Kier molecular flexibility index (Phi) is 5.81. The van der Waals surface area contributed by atoms with Gasteiger partial charge in [-0.3, -0.25) is 15.0 Å². The monoisotopic (exact) mass is 310 g/mol. The smallest absolute Gasteiger partial charge is 0.312 e. The lowest BCUT2D eigenvalue weighted by atomic mass is 10.3. The Labute approximate surface area is 127 Å². The molecular formula is C14H15ClN2O4. The fourth-order valence-corrected chi connectivity index (χ4v) is 2.01. The highest BCUT2D eigenvalue weighted by molar-refractivity contribution is 6.30. The van der Waals surface area contributed by atoms with E-state index < -0.39 is 4.92 Å². The number of nitro benzene ring substituents is 1. The van der Waals surface area contributed by atoms with Gasteiger partial charge < -0.3 is 9.47 Å². The highest BCUT2D eigenvalue weighted by atomic mass is 35.5. The number of rotatable bonds is 4. The lowest BCUT2D eigenvalue weighted by molar-refractivity contribution is -0.385. The molecule has 0 aliphatic carbocycles. The zero-order valence-electron chi connectivity index (χ0n) is 11.4. The van der Waals surface area contributed by atoms with Crippen LogP contribution in [0.4, 0.5) is 5.69 Å². The van der Waals surface area contributed by atoms with Crippen LogP contribution in [0.15, 0.2) is 18.2 Å². The highest BCUT2D eigenvalue weighted by Crippen LogP contribution is 2.29. The van der Waals surface area contributed by atoms with Gasteiger partial charge in [0.1, 0.15) is 6.61 Å². The van der Waals surface area contributed by atoms with Crippen molar-refractivity contribution in [1.29, 1.82) is 0 Å². The molecule has 6 nitrogen and oxygen atoms in total. The van der Waals surface area contributed by atoms with Crippen LogP contribution in [0.2, 0.25) is 5.02 Å². The van der Waals surface area contributed by atoms with Crippen LogP contribution >= 0.6 is 11.6 Å². The molecule has 1 saturated heterocycles. The maximum absolute atomic E-state index is 10.9. The third kappa shape index (κ3) is 4.90. The van der Waals surface area contributed by atoms with Crippen LogP contribution in [0.5, 0.6) is 5.75 Å². The first-order valence-corrected chi connectivity index (χ1v) is 6.87. The van der Waals surface area contributed by atoms with Gasteiger partial charge >= 0.3 is 5.69 Å². The van der Waals surface area contributed by atoms with E-state index in [1.54, 1.807) is 6.07 Å². The molecule has 7 heteroatoms. The van der Waals surface area contributed by atoms with Crippen molar-refractivity contribution in [3.8, 4) is 17.6 Å². The van der Waals surface area contributed by atoms with E-state index in [-0.39, 0.29) is 18.0 Å². The van der Waals surface area contributed by atoms with Crippen molar-refractivity contribution in [1.82, 2.24) is 4.90 Å². The molecule has 0 unspecified atom stereocenters. The van der Waals surface area contributed by atoms with Gasteiger partial charge in [0, 0.05) is 24.2 Å². The summed E-state index contributed by atoms with van der Waals surface area (Å²) in [6.45, 7) is 3.96. The lowest BCUT2D eigenvalue weighted by Gasteiger charge is -2.24. The zero-order valence-corrected chi connectivity index (χ0v) is 12.1. The lowest BCUT2D eigenvalue weighted by Crippen LogP contribution is -2.36. The second-order valence-corrected chi connectivity index (χ2v) is 4.84. The fraction of sp³-hybridized carbons (Fsp3) is 0.429. The highest BCUT2D eigenvalue weighted by Gasteiger charge is 2.15. The molecular weight excluding hydrogens is 296 g/mol. The summed E-state index contributed by atoms with van der Waals surface area (Å²) in [6, 6.07) is 4.28. The van der Waals surface area contributed by atoms with E-state index in [2.05, 4.69) is 16.7 Å². The van der Waals surface area contributed by atoms with E-state index in [0.717, 1.165) is 26.3 Å². The van der Waals surface area contributed by atoms with E-state index in [1.165, 1.54) is 12.1 Å². The van der Waals surface area contributed by atoms with E-state index in [0.29, 0.717) is 11.6 Å². The summed E-state index contributed by atoms with van der Waals surface area (Å²) in [7, 11) is 0. The van der Waals surface area contributed by atoms with E-state index in [4.69, 9.17) is 21.1 Å². The summed E-state index contributed by atoms with van der Waals surface area (Å²) >= 11 is 5.73. The molecule has 1 heterocycles. The third-order valence-electron chi connectivity index (χ3n) is 2.95. The number of benzene rings is 1. The maximum atomic E-state index is 10.9. The average molecular weight is 311 g/mol. The summed E-state index contributed by atoms with van der Waals surface area (Å²) in [6.07, 6.45) is 0. The topological polar surface area (TPSA) is 64.8 Å². The molecule has 112 valence electrons. The van der Waals surface area contributed by atoms with E-state index in [1.807, 2.05) is 0 Å². The maximum Gasteiger partial charge on any atom is 0.312 e. The molecule has 0 aromatic heterocycles. The van der Waals surface area contributed by atoms with Gasteiger partial charge in [-0.15, -0.1) is 0 Å². The third-order valence-corrected chi connectivity index (χ3v) is 3.18. The molecule has 0 N–H and O–H groups in total. The number of nitro groups is 1. The van der Waals surface area contributed by atoms with Gasteiger partial charge in [0.2, 0.25) is 0 Å². The predicted molar refractivity (Wildman–Crippen MR) is 78.6 cm³/mol. The van der Waals surface area contributed by atoms with Gasteiger partial charge in [0.15, 0.2) is 5.75 Å². The van der Waals surface area contributed by atoms with Gasteiger partial charge in [-0.25, -0.2) is 0 Å². The van der Waals surface area contributed by atoms with Crippen LogP contribution < -0.4 is 4.74 Å². The molecule has 1 aliphatic rings. The Bertz CT molecular complexity index is 562. The first-order chi connectivity index (χ1) is 10.2. The minimum atomic E-state index is -0.525. The van der Waals surface area contributed by atoms with Crippen molar-refractivity contribution in [2.24, 2.45) is 0 Å². The molecule has 0 bridgehead atoms. The molecule has 0 saturated carbocycles. The van der Waals surface area contributed by atoms with Crippen LogP contribution in [-0.4, -0.2) is 49.3 Å². The Morgan fingerprint density at radius 3 is 2.86 bits per heavy atom. The van der Waals surface area contributed by atoms with E-state index in [9.17, 15) is 10.1 Å². The van der Waals surface area contributed by atoms with E-state index >= 15 is 0 Å². The van der Waals surface area contributed by atoms with Crippen molar-refractivity contribution >= 4 is 17.3 Å². The van der Waals surface area contributed by atoms with Crippen molar-refractivity contribution in [3.05, 3.63) is 33.3 Å². The fourth-order valence-electron chi connectivity index (χ4n) is 1.85. The number of morpholine rings is 1. The molecule has 2 rings (SSSR count). The molecule has 1 aromatic rings. The number of hydrogen-bond donors (Lipinski definition) is 0. The Morgan fingerprint density at radius 2 is 2.14 bits per heavy atom. The molecule has 21 heavy (non-hydrogen) atoms. The van der Waals surface area contributed by atoms with Crippen LogP contribution in [0.25, 0.3) is 0 Å². The minimum Gasteiger partial charge on any atom is -0.474 e. The normalized spacial score (nSPS) is 15.1. The Morgan fingerprint density at radius 1 is 1.38 bits per heavy atom. The van der Waals surface area contributed by atoms with Crippen molar-refractivity contribution in [2.45, 2.75) is 0 Å². The van der Waals surface area contributed by atoms with Gasteiger partial charge in [0.25, 0.3) is 0 Å². The molecule has 0 spiro atoms. The second-order valence-electron chi connectivity index (χ2n) is 4.40. The number of halogens is 1. The Balaban J connectivity index is 1.84. The van der Waals surface area contributed by atoms with Crippen LogP contribution in [0.3, 0.4) is 0 Å². The second kappa shape index (κ2) is 7.84. The Hall–Kier alpha value is -1.81.